The Morgan fingerprint density at radius 2 is 1.90 bits per heavy atom. The summed E-state index contributed by atoms with van der Waals surface area (Å²) in [6, 6.07) is -0.972. The Morgan fingerprint density at radius 3 is 2.00 bits per heavy atom. The molecule has 4 nitrogen and oxygen atoms in total. The molecule has 0 spiro atoms. The fourth-order valence-electron chi connectivity index (χ4n) is 0.525. The molecule has 0 bridgehead atoms. The molecule has 0 radical (unpaired) electrons. The number of carbonyl (C=O) groups is 1. The summed E-state index contributed by atoms with van der Waals surface area (Å²) in [7, 11) is 0. The largest absolute Gasteiger partial charge is 0.480 e. The van der Waals surface area contributed by atoms with Crippen LogP contribution in [0.15, 0.2) is 0 Å². The van der Waals surface area contributed by atoms with Gasteiger partial charge in [0.15, 0.2) is 0 Å². The van der Waals surface area contributed by atoms with Crippen molar-refractivity contribution in [3.63, 3.8) is 0 Å². The van der Waals surface area contributed by atoms with Gasteiger partial charge in [0.25, 0.3) is 0 Å². The molecule has 0 rings (SSSR count). The van der Waals surface area contributed by atoms with Gasteiger partial charge in [-0.25, -0.2) is 0 Å². The van der Waals surface area contributed by atoms with Gasteiger partial charge >= 0.3 is 5.97 Å². The van der Waals surface area contributed by atoms with E-state index in [1.54, 1.807) is 6.92 Å². The molecular formula is C6H13NO3. The summed E-state index contributed by atoms with van der Waals surface area (Å²) < 4.78 is 0. The van der Waals surface area contributed by atoms with E-state index in [0.29, 0.717) is 0 Å². The monoisotopic (exact) mass is 147 g/mol. The van der Waals surface area contributed by atoms with Crippen molar-refractivity contribution in [2.24, 2.45) is 11.7 Å². The van der Waals surface area contributed by atoms with E-state index in [-0.39, 0.29) is 0 Å². The second kappa shape index (κ2) is 3.53. The average molecular weight is 147 g/mol. The minimum atomic E-state index is -1.08. The molecule has 60 valence electrons. The predicted molar refractivity (Wildman–Crippen MR) is 36.5 cm³/mol. The first-order valence-electron chi connectivity index (χ1n) is 3.13. The van der Waals surface area contributed by atoms with E-state index in [0.717, 1.165) is 0 Å². The van der Waals surface area contributed by atoms with Crippen molar-refractivity contribution in [3.05, 3.63) is 0 Å². The summed E-state index contributed by atoms with van der Waals surface area (Å²) >= 11 is 0. The Balaban J connectivity index is 3.94. The third kappa shape index (κ3) is 2.33. The SMILES string of the molecule is CC(O)C(C)C(N)C(=O)O. The molecule has 0 heterocycles. The Morgan fingerprint density at radius 1 is 1.50 bits per heavy atom. The maximum Gasteiger partial charge on any atom is 0.320 e. The molecule has 0 aliphatic carbocycles. The van der Waals surface area contributed by atoms with E-state index >= 15 is 0 Å². The molecule has 0 aromatic heterocycles. The van der Waals surface area contributed by atoms with Crippen molar-refractivity contribution in [3.8, 4) is 0 Å². The van der Waals surface area contributed by atoms with Crippen LogP contribution in [-0.2, 0) is 4.79 Å². The topological polar surface area (TPSA) is 83.5 Å². The highest BCUT2D eigenvalue weighted by Crippen LogP contribution is 2.05. The Kier molecular flexibility index (Phi) is 3.32. The number of rotatable bonds is 3. The molecule has 0 aliphatic heterocycles. The zero-order chi connectivity index (χ0) is 8.31. The molecular weight excluding hydrogens is 134 g/mol. The fourth-order valence-corrected chi connectivity index (χ4v) is 0.525. The fraction of sp³-hybridized carbons (Fsp3) is 0.833. The molecule has 4 N–H and O–H groups in total. The van der Waals surface area contributed by atoms with E-state index < -0.39 is 24.0 Å². The second-order valence-corrected chi connectivity index (χ2v) is 2.46. The third-order valence-electron chi connectivity index (χ3n) is 1.61. The summed E-state index contributed by atoms with van der Waals surface area (Å²) in [4.78, 5) is 10.2. The van der Waals surface area contributed by atoms with Crippen molar-refractivity contribution in [1.82, 2.24) is 0 Å². The Labute approximate surface area is 59.7 Å². The van der Waals surface area contributed by atoms with Crippen LogP contribution in [0, 0.1) is 5.92 Å². The first kappa shape index (κ1) is 9.39. The van der Waals surface area contributed by atoms with Crippen LogP contribution in [0.4, 0.5) is 0 Å². The predicted octanol–water partition coefficient (Wildman–Crippen LogP) is -0.585. The Hall–Kier alpha value is -0.610. The van der Waals surface area contributed by atoms with E-state index in [1.807, 2.05) is 0 Å². The number of nitrogens with two attached hydrogens (primary N) is 1. The lowest BCUT2D eigenvalue weighted by Crippen LogP contribution is -2.41. The minimum Gasteiger partial charge on any atom is -0.480 e. The molecule has 0 saturated carbocycles. The summed E-state index contributed by atoms with van der Waals surface area (Å²) in [5, 5.41) is 17.3. The molecule has 0 aliphatic rings. The molecule has 0 fully saturated rings. The van der Waals surface area contributed by atoms with Gasteiger partial charge in [-0.3, -0.25) is 4.79 Å². The lowest BCUT2D eigenvalue weighted by atomic mass is 9.98. The van der Waals surface area contributed by atoms with E-state index in [2.05, 4.69) is 0 Å². The van der Waals surface area contributed by atoms with Crippen molar-refractivity contribution in [1.29, 1.82) is 0 Å². The van der Waals surface area contributed by atoms with Crippen LogP contribution in [0.5, 0.6) is 0 Å². The summed E-state index contributed by atoms with van der Waals surface area (Å²) in [5.74, 6) is -1.48. The van der Waals surface area contributed by atoms with Gasteiger partial charge in [0.2, 0.25) is 0 Å². The standard InChI is InChI=1S/C6H13NO3/c1-3(4(2)8)5(7)6(9)10/h3-5,8H,7H2,1-2H3,(H,9,10). The summed E-state index contributed by atoms with van der Waals surface area (Å²) in [6.07, 6.45) is -0.675. The number of aliphatic hydroxyl groups excluding tert-OH is 1. The number of aliphatic hydroxyl groups is 1. The van der Waals surface area contributed by atoms with Crippen LogP contribution in [0.1, 0.15) is 13.8 Å². The van der Waals surface area contributed by atoms with Gasteiger partial charge in [0.05, 0.1) is 6.10 Å². The Bertz CT molecular complexity index is 124. The molecule has 0 aromatic rings. The van der Waals surface area contributed by atoms with E-state index in [4.69, 9.17) is 15.9 Å². The van der Waals surface area contributed by atoms with Crippen molar-refractivity contribution in [2.75, 3.05) is 0 Å². The lowest BCUT2D eigenvalue weighted by Gasteiger charge is -2.17. The van der Waals surface area contributed by atoms with Gasteiger partial charge in [0, 0.05) is 5.92 Å². The first-order valence-corrected chi connectivity index (χ1v) is 3.13. The van der Waals surface area contributed by atoms with Crippen LogP contribution in [0.2, 0.25) is 0 Å². The molecule has 4 heteroatoms. The van der Waals surface area contributed by atoms with Crippen molar-refractivity contribution >= 4 is 5.97 Å². The zero-order valence-corrected chi connectivity index (χ0v) is 6.11. The van der Waals surface area contributed by atoms with E-state index in [1.165, 1.54) is 6.92 Å². The highest BCUT2D eigenvalue weighted by Gasteiger charge is 2.23. The maximum absolute atomic E-state index is 10.2. The molecule has 0 aromatic carbocycles. The smallest absolute Gasteiger partial charge is 0.320 e. The molecule has 0 amide bonds. The minimum absolute atomic E-state index is 0.405. The van der Waals surface area contributed by atoms with Crippen molar-refractivity contribution in [2.45, 2.75) is 26.0 Å². The lowest BCUT2D eigenvalue weighted by molar-refractivity contribution is -0.140. The first-order chi connectivity index (χ1) is 4.46. The van der Waals surface area contributed by atoms with Gasteiger partial charge in [0.1, 0.15) is 6.04 Å². The normalized spacial score (nSPS) is 19.6. The zero-order valence-electron chi connectivity index (χ0n) is 6.11. The highest BCUT2D eigenvalue weighted by molar-refractivity contribution is 5.73. The van der Waals surface area contributed by atoms with E-state index in [9.17, 15) is 4.79 Å². The maximum atomic E-state index is 10.2. The number of carboxylic acids is 1. The number of carboxylic acid groups (broad SMARTS) is 1. The average Bonchev–Trinajstić information content (AvgIpc) is 1.84. The summed E-state index contributed by atoms with van der Waals surface area (Å²) in [6.45, 7) is 3.12. The van der Waals surface area contributed by atoms with Gasteiger partial charge in [-0.05, 0) is 6.92 Å². The number of hydrogen-bond acceptors (Lipinski definition) is 3. The molecule has 3 atom stereocenters. The number of hydrogen-bond donors (Lipinski definition) is 3. The molecule has 0 saturated heterocycles. The van der Waals surface area contributed by atoms with Crippen LogP contribution in [0.3, 0.4) is 0 Å². The van der Waals surface area contributed by atoms with Gasteiger partial charge in [-0.1, -0.05) is 6.92 Å². The van der Waals surface area contributed by atoms with Crippen molar-refractivity contribution < 1.29 is 15.0 Å². The summed E-state index contributed by atoms with van der Waals surface area (Å²) in [5.41, 5.74) is 5.20. The van der Waals surface area contributed by atoms with Gasteiger partial charge in [-0.15, -0.1) is 0 Å². The molecule has 3 unspecified atom stereocenters. The second-order valence-electron chi connectivity index (χ2n) is 2.46. The third-order valence-corrected chi connectivity index (χ3v) is 1.61. The van der Waals surface area contributed by atoms with Crippen LogP contribution in [0.25, 0.3) is 0 Å². The quantitative estimate of drug-likeness (QED) is 0.498. The van der Waals surface area contributed by atoms with Crippen LogP contribution in [-0.4, -0.2) is 28.3 Å². The number of aliphatic carboxylic acids is 1. The van der Waals surface area contributed by atoms with Gasteiger partial charge < -0.3 is 15.9 Å². The van der Waals surface area contributed by atoms with Crippen LogP contribution < -0.4 is 5.73 Å². The van der Waals surface area contributed by atoms with Gasteiger partial charge in [-0.2, -0.15) is 0 Å². The molecule has 10 heavy (non-hydrogen) atoms. The van der Waals surface area contributed by atoms with Crippen LogP contribution >= 0.6 is 0 Å². The highest BCUT2D eigenvalue weighted by atomic mass is 16.4.